The molecule has 2 N–H and O–H groups in total. The molecule has 0 aliphatic carbocycles. The van der Waals surface area contributed by atoms with Crippen LogP contribution in [-0.2, 0) is 11.3 Å². The fourth-order valence-electron chi connectivity index (χ4n) is 3.15. The molecule has 1 fully saturated rings. The first-order chi connectivity index (χ1) is 14.8. The van der Waals surface area contributed by atoms with Crippen molar-refractivity contribution in [1.82, 2.24) is 15.5 Å². The molecule has 0 aromatic heterocycles. The molecule has 0 unspecified atom stereocenters. The van der Waals surface area contributed by atoms with Gasteiger partial charge in [0.15, 0.2) is 5.96 Å². The fraction of sp³-hybridized carbons (Fsp3) is 0.435. The van der Waals surface area contributed by atoms with Gasteiger partial charge in [0, 0.05) is 38.8 Å². The Kier molecular flexibility index (Phi) is 12.1. The van der Waals surface area contributed by atoms with Gasteiger partial charge in [-0.2, -0.15) is 0 Å². The molecule has 0 amide bonds. The second-order valence-corrected chi connectivity index (χ2v) is 6.92. The number of aliphatic imine (C=N–C) groups is 1. The van der Waals surface area contributed by atoms with Crippen LogP contribution in [0, 0.1) is 0 Å². The maximum Gasteiger partial charge on any atom is 0.191 e. The third-order valence-electron chi connectivity index (χ3n) is 4.82. The Hall–Kier alpha value is -2.04. The first-order valence-electron chi connectivity index (χ1n) is 10.5. The van der Waals surface area contributed by atoms with Gasteiger partial charge in [-0.25, -0.2) is 0 Å². The van der Waals surface area contributed by atoms with Gasteiger partial charge in [-0.1, -0.05) is 36.4 Å². The van der Waals surface area contributed by atoms with Crippen LogP contribution in [0.5, 0.6) is 11.5 Å². The summed E-state index contributed by atoms with van der Waals surface area (Å²) in [5.41, 5.74) is 1.10. The first kappa shape index (κ1) is 25.2. The van der Waals surface area contributed by atoms with Crippen molar-refractivity contribution < 1.29 is 14.2 Å². The molecular weight excluding hydrogens is 507 g/mol. The molecule has 2 aromatic carbocycles. The Bertz CT molecular complexity index is 770. The third-order valence-corrected chi connectivity index (χ3v) is 4.82. The standard InChI is InChI=1S/C23H32N4O3.HI/c1-24-23(25-11-15-29-21-8-3-2-4-9-21)26-19-20-7-5-6-10-22(20)30-18-14-27-12-16-28-17-13-27;/h2-10H,11-19H2,1H3,(H2,24,25,26);1H. The quantitative estimate of drug-likeness (QED) is 0.209. The molecule has 31 heavy (non-hydrogen) atoms. The van der Waals surface area contributed by atoms with Crippen molar-refractivity contribution in [2.24, 2.45) is 4.99 Å². The summed E-state index contributed by atoms with van der Waals surface area (Å²) in [6.45, 7) is 7.00. The summed E-state index contributed by atoms with van der Waals surface area (Å²) in [6, 6.07) is 17.9. The molecule has 8 heteroatoms. The number of ether oxygens (including phenoxy) is 3. The predicted molar refractivity (Wildman–Crippen MR) is 135 cm³/mol. The number of benzene rings is 2. The van der Waals surface area contributed by atoms with Gasteiger partial charge in [0.05, 0.1) is 19.8 Å². The van der Waals surface area contributed by atoms with Crippen molar-refractivity contribution in [2.75, 3.05) is 59.7 Å². The van der Waals surface area contributed by atoms with Gasteiger partial charge >= 0.3 is 0 Å². The van der Waals surface area contributed by atoms with E-state index in [1.807, 2.05) is 48.5 Å². The van der Waals surface area contributed by atoms with Crippen molar-refractivity contribution in [2.45, 2.75) is 6.54 Å². The zero-order chi connectivity index (χ0) is 20.9. The maximum absolute atomic E-state index is 6.05. The molecule has 0 bridgehead atoms. The van der Waals surface area contributed by atoms with Crippen LogP contribution in [-0.4, -0.2) is 70.5 Å². The summed E-state index contributed by atoms with van der Waals surface area (Å²) in [4.78, 5) is 6.65. The summed E-state index contributed by atoms with van der Waals surface area (Å²) >= 11 is 0. The minimum absolute atomic E-state index is 0. The smallest absolute Gasteiger partial charge is 0.191 e. The van der Waals surface area contributed by atoms with E-state index in [1.54, 1.807) is 7.05 Å². The highest BCUT2D eigenvalue weighted by atomic mass is 127. The van der Waals surface area contributed by atoms with Crippen LogP contribution in [0.1, 0.15) is 5.56 Å². The Morgan fingerprint density at radius 2 is 1.71 bits per heavy atom. The zero-order valence-electron chi connectivity index (χ0n) is 18.1. The van der Waals surface area contributed by atoms with Gasteiger partial charge in [-0.3, -0.25) is 9.89 Å². The van der Waals surface area contributed by atoms with Crippen LogP contribution in [0.15, 0.2) is 59.6 Å². The average Bonchev–Trinajstić information content (AvgIpc) is 2.81. The van der Waals surface area contributed by atoms with Crippen LogP contribution in [0.3, 0.4) is 0 Å². The van der Waals surface area contributed by atoms with Crippen molar-refractivity contribution >= 4 is 29.9 Å². The van der Waals surface area contributed by atoms with Gasteiger partial charge < -0.3 is 24.8 Å². The highest BCUT2D eigenvalue weighted by Crippen LogP contribution is 2.17. The largest absolute Gasteiger partial charge is 0.492 e. The van der Waals surface area contributed by atoms with Gasteiger partial charge in [0.25, 0.3) is 0 Å². The molecule has 0 radical (unpaired) electrons. The van der Waals surface area contributed by atoms with Gasteiger partial charge in [0.2, 0.25) is 0 Å². The van der Waals surface area contributed by atoms with E-state index in [-0.39, 0.29) is 24.0 Å². The monoisotopic (exact) mass is 540 g/mol. The summed E-state index contributed by atoms with van der Waals surface area (Å²) < 4.78 is 17.1. The van der Waals surface area contributed by atoms with E-state index in [9.17, 15) is 0 Å². The number of rotatable bonds is 10. The molecule has 0 saturated carbocycles. The van der Waals surface area contributed by atoms with E-state index < -0.39 is 0 Å². The molecular formula is C23H33IN4O3. The van der Waals surface area contributed by atoms with Crippen molar-refractivity contribution in [1.29, 1.82) is 0 Å². The molecule has 7 nitrogen and oxygen atoms in total. The average molecular weight is 540 g/mol. The Morgan fingerprint density at radius 3 is 2.48 bits per heavy atom. The van der Waals surface area contributed by atoms with E-state index in [2.05, 4.69) is 26.6 Å². The molecule has 0 atom stereocenters. The predicted octanol–water partition coefficient (Wildman–Crippen LogP) is 2.76. The van der Waals surface area contributed by atoms with Crippen LogP contribution in [0.2, 0.25) is 0 Å². The van der Waals surface area contributed by atoms with E-state index >= 15 is 0 Å². The number of guanidine groups is 1. The van der Waals surface area contributed by atoms with Crippen molar-refractivity contribution in [3.05, 3.63) is 60.2 Å². The highest BCUT2D eigenvalue weighted by Gasteiger charge is 2.10. The van der Waals surface area contributed by atoms with Crippen LogP contribution in [0.4, 0.5) is 0 Å². The zero-order valence-corrected chi connectivity index (χ0v) is 20.4. The first-order valence-corrected chi connectivity index (χ1v) is 10.5. The summed E-state index contributed by atoms with van der Waals surface area (Å²) in [5, 5.41) is 6.61. The SMILES string of the molecule is CN=C(NCCOc1ccccc1)NCc1ccccc1OCCN1CCOCC1.I. The van der Waals surface area contributed by atoms with Gasteiger partial charge in [-0.15, -0.1) is 24.0 Å². The fourth-order valence-corrected chi connectivity index (χ4v) is 3.15. The van der Waals surface area contributed by atoms with Gasteiger partial charge in [-0.05, 0) is 18.2 Å². The van der Waals surface area contributed by atoms with Crippen LogP contribution >= 0.6 is 24.0 Å². The number of hydrogen-bond donors (Lipinski definition) is 2. The second kappa shape index (κ2) is 14.9. The van der Waals surface area contributed by atoms with E-state index in [0.717, 1.165) is 55.9 Å². The molecule has 1 saturated heterocycles. The lowest BCUT2D eigenvalue weighted by atomic mass is 10.2. The van der Waals surface area contributed by atoms with Crippen LogP contribution in [0.25, 0.3) is 0 Å². The van der Waals surface area contributed by atoms with Crippen molar-refractivity contribution in [3.63, 3.8) is 0 Å². The minimum atomic E-state index is 0. The number of nitrogens with one attached hydrogen (secondary N) is 2. The Labute approximate surface area is 202 Å². The Morgan fingerprint density at radius 1 is 0.968 bits per heavy atom. The second-order valence-electron chi connectivity index (χ2n) is 6.92. The van der Waals surface area contributed by atoms with Crippen molar-refractivity contribution in [3.8, 4) is 11.5 Å². The number of nitrogens with zero attached hydrogens (tertiary/aromatic N) is 2. The van der Waals surface area contributed by atoms with E-state index in [0.29, 0.717) is 26.3 Å². The number of hydrogen-bond acceptors (Lipinski definition) is 5. The van der Waals surface area contributed by atoms with E-state index in [4.69, 9.17) is 14.2 Å². The van der Waals surface area contributed by atoms with E-state index in [1.165, 1.54) is 0 Å². The lowest BCUT2D eigenvalue weighted by molar-refractivity contribution is 0.0322. The molecule has 170 valence electrons. The van der Waals surface area contributed by atoms with Gasteiger partial charge in [0.1, 0.15) is 24.7 Å². The Balaban J connectivity index is 0.00000341. The maximum atomic E-state index is 6.05. The number of halogens is 1. The highest BCUT2D eigenvalue weighted by molar-refractivity contribution is 14.0. The van der Waals surface area contributed by atoms with Crippen LogP contribution < -0.4 is 20.1 Å². The molecule has 1 aliphatic rings. The number of morpholine rings is 1. The topological polar surface area (TPSA) is 67.4 Å². The minimum Gasteiger partial charge on any atom is -0.492 e. The molecule has 0 spiro atoms. The number of para-hydroxylation sites is 2. The third kappa shape index (κ3) is 9.32. The molecule has 1 aliphatic heterocycles. The molecule has 2 aromatic rings. The summed E-state index contributed by atoms with van der Waals surface area (Å²) in [5.74, 6) is 2.50. The normalized spacial score (nSPS) is 14.4. The molecule has 1 heterocycles. The lowest BCUT2D eigenvalue weighted by Gasteiger charge is -2.26. The summed E-state index contributed by atoms with van der Waals surface area (Å²) in [6.07, 6.45) is 0. The summed E-state index contributed by atoms with van der Waals surface area (Å²) in [7, 11) is 1.76. The molecule has 3 rings (SSSR count). The lowest BCUT2D eigenvalue weighted by Crippen LogP contribution is -2.39.